The topological polar surface area (TPSA) is 49.3 Å². The van der Waals surface area contributed by atoms with Gasteiger partial charge in [0.1, 0.15) is 11.6 Å². The minimum atomic E-state index is -1.13. The fourth-order valence-electron chi connectivity index (χ4n) is 3.99. The van der Waals surface area contributed by atoms with Gasteiger partial charge in [-0.3, -0.25) is 0 Å². The van der Waals surface area contributed by atoms with Crippen LogP contribution in [0.4, 0.5) is 14.5 Å². The fourth-order valence-corrected chi connectivity index (χ4v) is 3.99. The van der Waals surface area contributed by atoms with Gasteiger partial charge in [-0.1, -0.05) is 31.9 Å². The number of aliphatic carboxylic acids is 1. The molecule has 1 saturated carbocycles. The van der Waals surface area contributed by atoms with Crippen molar-refractivity contribution in [3.05, 3.63) is 58.2 Å². The van der Waals surface area contributed by atoms with Crippen LogP contribution in [-0.2, 0) is 4.79 Å². The normalized spacial score (nSPS) is 15.0. The maximum absolute atomic E-state index is 15.2. The van der Waals surface area contributed by atoms with Crippen molar-refractivity contribution in [1.29, 1.82) is 0 Å². The molecule has 1 fully saturated rings. The molecule has 3 rings (SSSR count). The van der Waals surface area contributed by atoms with E-state index < -0.39 is 17.6 Å². The number of hydrogen-bond donors (Lipinski definition) is 2. The van der Waals surface area contributed by atoms with Gasteiger partial charge in [0.15, 0.2) is 0 Å². The third-order valence-corrected chi connectivity index (χ3v) is 5.77. The summed E-state index contributed by atoms with van der Waals surface area (Å²) in [5.41, 5.74) is 2.13. The van der Waals surface area contributed by atoms with Crippen LogP contribution in [0.25, 0.3) is 17.2 Å². The van der Waals surface area contributed by atoms with Gasteiger partial charge in [0.25, 0.3) is 0 Å². The minimum absolute atomic E-state index is 0.00233. The van der Waals surface area contributed by atoms with Gasteiger partial charge in [-0.25, -0.2) is 13.6 Å². The van der Waals surface area contributed by atoms with Gasteiger partial charge in [-0.15, -0.1) is 0 Å². The van der Waals surface area contributed by atoms with Crippen molar-refractivity contribution in [2.75, 3.05) is 5.32 Å². The van der Waals surface area contributed by atoms with Crippen molar-refractivity contribution in [2.45, 2.75) is 58.9 Å². The predicted octanol–water partition coefficient (Wildman–Crippen LogP) is 6.48. The van der Waals surface area contributed by atoms with Crippen LogP contribution in [0.1, 0.15) is 55.7 Å². The van der Waals surface area contributed by atoms with Crippen LogP contribution in [0.15, 0.2) is 29.8 Å². The first-order chi connectivity index (χ1) is 13.8. The molecular weight excluding hydrogens is 372 g/mol. The molecule has 0 amide bonds. The second-order valence-electron chi connectivity index (χ2n) is 7.70. The summed E-state index contributed by atoms with van der Waals surface area (Å²) in [5, 5.41) is 12.7. The Hall–Kier alpha value is -2.69. The van der Waals surface area contributed by atoms with Gasteiger partial charge in [-0.05, 0) is 68.0 Å². The van der Waals surface area contributed by atoms with E-state index in [1.165, 1.54) is 32.8 Å². The summed E-state index contributed by atoms with van der Waals surface area (Å²) in [6, 6.07) is 7.87. The molecule has 0 radical (unpaired) electrons. The molecule has 0 saturated heterocycles. The summed E-state index contributed by atoms with van der Waals surface area (Å²) < 4.78 is 30.3. The monoisotopic (exact) mass is 399 g/mol. The van der Waals surface area contributed by atoms with Crippen molar-refractivity contribution in [1.82, 2.24) is 0 Å². The van der Waals surface area contributed by atoms with E-state index in [-0.39, 0.29) is 34.2 Å². The summed E-state index contributed by atoms with van der Waals surface area (Å²) in [7, 11) is 0. The standard InChI is InChI=1S/C24H27F2NO2/c1-4-16(24(28)29)13-20-14(2)23(26)21(15(3)22(20)25)17-9-11-19(12-10-17)27-18-7-5-6-8-18/h9-13,18,27H,4-8H2,1-3H3,(H,28,29). The van der Waals surface area contributed by atoms with E-state index in [0.29, 0.717) is 11.6 Å². The molecule has 154 valence electrons. The SMILES string of the molecule is CCC(=Cc1c(C)c(F)c(-c2ccc(NC3CCCC3)cc2)c(C)c1F)C(=O)O. The zero-order valence-electron chi connectivity index (χ0n) is 17.1. The highest BCUT2D eigenvalue weighted by atomic mass is 19.1. The maximum atomic E-state index is 15.2. The Morgan fingerprint density at radius 2 is 1.72 bits per heavy atom. The number of carbonyl (C=O) groups is 1. The van der Waals surface area contributed by atoms with E-state index in [1.54, 1.807) is 19.1 Å². The molecule has 0 unspecified atom stereocenters. The minimum Gasteiger partial charge on any atom is -0.478 e. The molecule has 2 N–H and O–H groups in total. The number of nitrogens with one attached hydrogen (secondary N) is 1. The Bertz CT molecular complexity index is 913. The van der Waals surface area contributed by atoms with Gasteiger partial charge < -0.3 is 10.4 Å². The second kappa shape index (κ2) is 8.76. The molecular formula is C24H27F2NO2. The van der Waals surface area contributed by atoms with Gasteiger partial charge in [0.05, 0.1) is 0 Å². The Kier molecular flexibility index (Phi) is 6.36. The first-order valence-electron chi connectivity index (χ1n) is 10.1. The Morgan fingerprint density at radius 3 is 2.28 bits per heavy atom. The molecule has 1 aliphatic carbocycles. The first-order valence-corrected chi connectivity index (χ1v) is 10.1. The smallest absolute Gasteiger partial charge is 0.331 e. The van der Waals surface area contributed by atoms with E-state index in [2.05, 4.69) is 5.32 Å². The van der Waals surface area contributed by atoms with Crippen LogP contribution in [0.5, 0.6) is 0 Å². The van der Waals surface area contributed by atoms with Crippen LogP contribution in [-0.4, -0.2) is 17.1 Å². The lowest BCUT2D eigenvalue weighted by Gasteiger charge is -2.17. The lowest BCUT2D eigenvalue weighted by atomic mass is 9.92. The van der Waals surface area contributed by atoms with Gasteiger partial charge >= 0.3 is 5.97 Å². The highest BCUT2D eigenvalue weighted by Crippen LogP contribution is 2.35. The summed E-state index contributed by atoms with van der Waals surface area (Å²) in [6.07, 6.45) is 6.26. The second-order valence-corrected chi connectivity index (χ2v) is 7.70. The molecule has 3 nitrogen and oxygen atoms in total. The molecule has 0 bridgehead atoms. The van der Waals surface area contributed by atoms with E-state index >= 15 is 8.78 Å². The molecule has 5 heteroatoms. The van der Waals surface area contributed by atoms with E-state index in [9.17, 15) is 9.90 Å². The zero-order chi connectivity index (χ0) is 21.1. The summed E-state index contributed by atoms with van der Waals surface area (Å²) in [5.74, 6) is -2.23. The van der Waals surface area contributed by atoms with Gasteiger partial charge in [-0.2, -0.15) is 0 Å². The lowest BCUT2D eigenvalue weighted by Crippen LogP contribution is -2.14. The number of halogens is 2. The number of rotatable bonds is 6. The summed E-state index contributed by atoms with van der Waals surface area (Å²) in [6.45, 7) is 4.69. The molecule has 0 heterocycles. The number of anilines is 1. The highest BCUT2D eigenvalue weighted by Gasteiger charge is 2.21. The molecule has 0 atom stereocenters. The number of carboxylic acid groups (broad SMARTS) is 1. The third kappa shape index (κ3) is 4.34. The third-order valence-electron chi connectivity index (χ3n) is 5.77. The average Bonchev–Trinajstić information content (AvgIpc) is 3.21. The molecule has 2 aromatic carbocycles. The Labute approximate surface area is 170 Å². The fraction of sp³-hybridized carbons (Fsp3) is 0.375. The number of hydrogen-bond acceptors (Lipinski definition) is 2. The van der Waals surface area contributed by atoms with Crippen molar-refractivity contribution in [3.63, 3.8) is 0 Å². The quantitative estimate of drug-likeness (QED) is 0.547. The van der Waals surface area contributed by atoms with Crippen LogP contribution >= 0.6 is 0 Å². The Morgan fingerprint density at radius 1 is 1.10 bits per heavy atom. The average molecular weight is 399 g/mol. The molecule has 0 aromatic heterocycles. The molecule has 0 spiro atoms. The molecule has 0 aliphatic heterocycles. The Balaban J connectivity index is 1.99. The summed E-state index contributed by atoms with van der Waals surface area (Å²) >= 11 is 0. The van der Waals surface area contributed by atoms with Crippen molar-refractivity contribution >= 4 is 17.7 Å². The van der Waals surface area contributed by atoms with Crippen molar-refractivity contribution in [3.8, 4) is 11.1 Å². The van der Waals surface area contributed by atoms with Crippen molar-refractivity contribution in [2.24, 2.45) is 0 Å². The van der Waals surface area contributed by atoms with Crippen LogP contribution < -0.4 is 5.32 Å². The van der Waals surface area contributed by atoms with Crippen LogP contribution in [0.2, 0.25) is 0 Å². The largest absolute Gasteiger partial charge is 0.478 e. The molecule has 2 aromatic rings. The highest BCUT2D eigenvalue weighted by molar-refractivity contribution is 5.92. The van der Waals surface area contributed by atoms with E-state index in [0.717, 1.165) is 18.5 Å². The van der Waals surface area contributed by atoms with Gasteiger partial charge in [0.2, 0.25) is 0 Å². The summed E-state index contributed by atoms with van der Waals surface area (Å²) in [4.78, 5) is 11.3. The number of benzene rings is 2. The van der Waals surface area contributed by atoms with E-state index in [4.69, 9.17) is 0 Å². The lowest BCUT2D eigenvalue weighted by molar-refractivity contribution is -0.132. The molecule has 29 heavy (non-hydrogen) atoms. The van der Waals surface area contributed by atoms with Gasteiger partial charge in [0, 0.05) is 28.4 Å². The van der Waals surface area contributed by atoms with Crippen LogP contribution in [0, 0.1) is 25.5 Å². The number of carboxylic acids is 1. The zero-order valence-corrected chi connectivity index (χ0v) is 17.1. The van der Waals surface area contributed by atoms with Crippen LogP contribution in [0.3, 0.4) is 0 Å². The van der Waals surface area contributed by atoms with E-state index in [1.807, 2.05) is 12.1 Å². The first kappa shape index (κ1) is 21.0. The predicted molar refractivity (Wildman–Crippen MR) is 113 cm³/mol. The van der Waals surface area contributed by atoms with Crippen molar-refractivity contribution < 1.29 is 18.7 Å². The maximum Gasteiger partial charge on any atom is 0.331 e. The molecule has 1 aliphatic rings.